The number of carbonyl (C=O) groups is 2. The molecule has 2 aliphatic heterocycles. The molecule has 0 unspecified atom stereocenters. The van der Waals surface area contributed by atoms with Crippen molar-refractivity contribution in [2.75, 3.05) is 40.5 Å². The molecular formula is C23H25NO6. The molecule has 0 bridgehead atoms. The monoisotopic (exact) mass is 411 g/mol. The molecule has 0 N–H and O–H groups in total. The fourth-order valence-electron chi connectivity index (χ4n) is 3.92. The summed E-state index contributed by atoms with van der Waals surface area (Å²) < 4.78 is 21.7. The summed E-state index contributed by atoms with van der Waals surface area (Å²) in [6.07, 6.45) is 1.25. The van der Waals surface area contributed by atoms with Gasteiger partial charge in [0, 0.05) is 30.6 Å². The summed E-state index contributed by atoms with van der Waals surface area (Å²) in [7, 11) is 3.10. The highest BCUT2D eigenvalue weighted by Gasteiger charge is 2.30. The molecule has 4 rings (SSSR count). The van der Waals surface area contributed by atoms with E-state index in [1.54, 1.807) is 48.4 Å². The van der Waals surface area contributed by atoms with E-state index < -0.39 is 0 Å². The van der Waals surface area contributed by atoms with Gasteiger partial charge in [-0.25, -0.2) is 0 Å². The van der Waals surface area contributed by atoms with Crippen molar-refractivity contribution in [2.24, 2.45) is 5.92 Å². The number of carbonyl (C=O) groups excluding carboxylic acids is 2. The number of piperidine rings is 1. The summed E-state index contributed by atoms with van der Waals surface area (Å²) in [5.41, 5.74) is 1.12. The second kappa shape index (κ2) is 8.65. The smallest absolute Gasteiger partial charge is 0.257 e. The van der Waals surface area contributed by atoms with Crippen molar-refractivity contribution in [2.45, 2.75) is 12.8 Å². The van der Waals surface area contributed by atoms with Crippen LogP contribution in [0.3, 0.4) is 0 Å². The lowest BCUT2D eigenvalue weighted by Crippen LogP contribution is -2.40. The molecule has 7 nitrogen and oxygen atoms in total. The maximum absolute atomic E-state index is 13.0. The van der Waals surface area contributed by atoms with Crippen molar-refractivity contribution in [3.05, 3.63) is 47.5 Å². The lowest BCUT2D eigenvalue weighted by Gasteiger charge is -2.32. The van der Waals surface area contributed by atoms with Gasteiger partial charge in [-0.05, 0) is 43.2 Å². The molecule has 2 aromatic rings. The van der Waals surface area contributed by atoms with Crippen molar-refractivity contribution in [3.8, 4) is 23.0 Å². The third kappa shape index (κ3) is 3.92. The van der Waals surface area contributed by atoms with Gasteiger partial charge in [0.25, 0.3) is 5.91 Å². The molecule has 0 radical (unpaired) electrons. The largest absolute Gasteiger partial charge is 0.497 e. The van der Waals surface area contributed by atoms with Crippen LogP contribution in [0.5, 0.6) is 23.0 Å². The number of fused-ring (bicyclic) bond motifs is 1. The number of Topliss-reactive ketones (excluding diaryl/α,β-unsaturated/α-hetero) is 1. The second-order valence-corrected chi connectivity index (χ2v) is 7.36. The summed E-state index contributed by atoms with van der Waals surface area (Å²) >= 11 is 0. The van der Waals surface area contributed by atoms with Gasteiger partial charge in [0.2, 0.25) is 0 Å². The van der Waals surface area contributed by atoms with Gasteiger partial charge in [0.05, 0.1) is 19.8 Å². The number of ketones is 1. The molecular weight excluding hydrogens is 386 g/mol. The average molecular weight is 411 g/mol. The summed E-state index contributed by atoms with van der Waals surface area (Å²) in [6, 6.07) is 10.5. The van der Waals surface area contributed by atoms with E-state index in [1.807, 2.05) is 0 Å². The Kier molecular flexibility index (Phi) is 5.79. The SMILES string of the molecule is COc1ccc(C(=O)N2CCC(C(=O)c3ccc4c(c3)OCCO4)CC2)c(OC)c1. The first-order valence-electron chi connectivity index (χ1n) is 10.1. The quantitative estimate of drug-likeness (QED) is 0.704. The van der Waals surface area contributed by atoms with E-state index in [9.17, 15) is 9.59 Å². The van der Waals surface area contributed by atoms with Crippen LogP contribution in [0.4, 0.5) is 0 Å². The lowest BCUT2D eigenvalue weighted by atomic mass is 9.88. The molecule has 158 valence electrons. The first kappa shape index (κ1) is 20.1. The molecule has 1 fully saturated rings. The Bertz CT molecular complexity index is 949. The van der Waals surface area contributed by atoms with Crippen LogP contribution in [0.2, 0.25) is 0 Å². The minimum absolute atomic E-state index is 0.0844. The Hall–Kier alpha value is -3.22. The van der Waals surface area contributed by atoms with E-state index in [1.165, 1.54) is 7.11 Å². The topological polar surface area (TPSA) is 74.3 Å². The highest BCUT2D eigenvalue weighted by atomic mass is 16.6. The molecule has 0 atom stereocenters. The van der Waals surface area contributed by atoms with E-state index in [0.717, 1.165) is 0 Å². The normalized spacial score (nSPS) is 16.1. The first-order chi connectivity index (χ1) is 14.6. The number of likely N-dealkylation sites (tertiary alicyclic amines) is 1. The van der Waals surface area contributed by atoms with Crippen LogP contribution >= 0.6 is 0 Å². The summed E-state index contributed by atoms with van der Waals surface area (Å²) in [5, 5.41) is 0. The summed E-state index contributed by atoms with van der Waals surface area (Å²) in [5.74, 6) is 2.27. The molecule has 0 aromatic heterocycles. The number of rotatable bonds is 5. The Labute approximate surface area is 175 Å². The molecule has 1 saturated heterocycles. The molecule has 1 amide bonds. The van der Waals surface area contributed by atoms with Crippen molar-refractivity contribution in [3.63, 3.8) is 0 Å². The molecule has 2 heterocycles. The van der Waals surface area contributed by atoms with Gasteiger partial charge in [-0.15, -0.1) is 0 Å². The highest BCUT2D eigenvalue weighted by Crippen LogP contribution is 2.33. The lowest BCUT2D eigenvalue weighted by molar-refractivity contribution is 0.0647. The van der Waals surface area contributed by atoms with Crippen LogP contribution in [0.1, 0.15) is 33.6 Å². The maximum Gasteiger partial charge on any atom is 0.257 e. The number of hydrogen-bond acceptors (Lipinski definition) is 6. The van der Waals surface area contributed by atoms with Crippen LogP contribution in [0, 0.1) is 5.92 Å². The predicted molar refractivity (Wildman–Crippen MR) is 110 cm³/mol. The fraction of sp³-hybridized carbons (Fsp3) is 0.391. The van der Waals surface area contributed by atoms with Gasteiger partial charge in [0.15, 0.2) is 17.3 Å². The Balaban J connectivity index is 1.41. The standard InChI is InChI=1S/C23H25NO6/c1-27-17-4-5-18(20(14-17)28-2)23(26)24-9-7-15(8-10-24)22(25)16-3-6-19-21(13-16)30-12-11-29-19/h3-6,13-15H,7-12H2,1-2H3. The van der Waals surface area contributed by atoms with Crippen molar-refractivity contribution in [1.29, 1.82) is 0 Å². The van der Waals surface area contributed by atoms with E-state index in [4.69, 9.17) is 18.9 Å². The molecule has 2 aromatic carbocycles. The van der Waals surface area contributed by atoms with Crippen molar-refractivity contribution < 1.29 is 28.5 Å². The summed E-state index contributed by atoms with van der Waals surface area (Å²) in [4.78, 5) is 27.7. The van der Waals surface area contributed by atoms with Crippen molar-refractivity contribution >= 4 is 11.7 Å². The number of benzene rings is 2. The Morgan fingerprint density at radius 3 is 2.37 bits per heavy atom. The number of nitrogens with zero attached hydrogens (tertiary/aromatic N) is 1. The highest BCUT2D eigenvalue weighted by molar-refractivity contribution is 5.99. The molecule has 0 saturated carbocycles. The number of hydrogen-bond donors (Lipinski definition) is 0. The minimum Gasteiger partial charge on any atom is -0.497 e. The third-order valence-corrected chi connectivity index (χ3v) is 5.62. The van der Waals surface area contributed by atoms with Gasteiger partial charge in [0.1, 0.15) is 24.7 Å². The Morgan fingerprint density at radius 1 is 0.933 bits per heavy atom. The van der Waals surface area contributed by atoms with E-state index in [0.29, 0.717) is 73.3 Å². The van der Waals surface area contributed by atoms with Gasteiger partial charge in [-0.3, -0.25) is 9.59 Å². The maximum atomic E-state index is 13.0. The van der Waals surface area contributed by atoms with E-state index >= 15 is 0 Å². The van der Waals surface area contributed by atoms with Crippen LogP contribution in [0.25, 0.3) is 0 Å². The number of methoxy groups -OCH3 is 2. The second-order valence-electron chi connectivity index (χ2n) is 7.36. The Morgan fingerprint density at radius 2 is 1.67 bits per heavy atom. The average Bonchev–Trinajstić information content (AvgIpc) is 2.82. The summed E-state index contributed by atoms with van der Waals surface area (Å²) in [6.45, 7) is 2.05. The van der Waals surface area contributed by atoms with Crippen LogP contribution in [-0.2, 0) is 0 Å². The third-order valence-electron chi connectivity index (χ3n) is 5.62. The zero-order chi connectivity index (χ0) is 21.1. The van der Waals surface area contributed by atoms with E-state index in [2.05, 4.69) is 0 Å². The molecule has 30 heavy (non-hydrogen) atoms. The van der Waals surface area contributed by atoms with Crippen LogP contribution in [-0.4, -0.2) is 57.1 Å². The minimum atomic E-state index is -0.116. The van der Waals surface area contributed by atoms with Crippen molar-refractivity contribution in [1.82, 2.24) is 4.90 Å². The molecule has 0 spiro atoms. The molecule has 7 heteroatoms. The first-order valence-corrected chi connectivity index (χ1v) is 10.1. The predicted octanol–water partition coefficient (Wildman–Crippen LogP) is 3.21. The van der Waals surface area contributed by atoms with Crippen LogP contribution in [0.15, 0.2) is 36.4 Å². The van der Waals surface area contributed by atoms with Gasteiger partial charge in [-0.2, -0.15) is 0 Å². The zero-order valence-corrected chi connectivity index (χ0v) is 17.2. The van der Waals surface area contributed by atoms with Crippen LogP contribution < -0.4 is 18.9 Å². The molecule has 2 aliphatic rings. The fourth-order valence-corrected chi connectivity index (χ4v) is 3.92. The zero-order valence-electron chi connectivity index (χ0n) is 17.2. The number of ether oxygens (including phenoxy) is 4. The van der Waals surface area contributed by atoms with E-state index in [-0.39, 0.29) is 17.6 Å². The van der Waals surface area contributed by atoms with Gasteiger partial charge < -0.3 is 23.8 Å². The molecule has 0 aliphatic carbocycles. The number of amides is 1. The van der Waals surface area contributed by atoms with Gasteiger partial charge in [-0.1, -0.05) is 0 Å². The van der Waals surface area contributed by atoms with Gasteiger partial charge >= 0.3 is 0 Å².